The van der Waals surface area contributed by atoms with Crippen LogP contribution in [0.5, 0.6) is 0 Å². The standard InChI is InChI=1S/C19H23N5O3S/c1-28-11-8-14(23-18(26)12-4-2-3-5-13(12)19(23)27)17(25)22-16-6-9-20-15-7-10-21-24(15)16/h6-7,9-10,12-14H,2-5,8,11H2,1H3,(H,22,25). The van der Waals surface area contributed by atoms with Gasteiger partial charge in [0.1, 0.15) is 11.9 Å². The van der Waals surface area contributed by atoms with Gasteiger partial charge >= 0.3 is 0 Å². The molecule has 148 valence electrons. The van der Waals surface area contributed by atoms with Crippen LogP contribution in [0, 0.1) is 11.8 Å². The highest BCUT2D eigenvalue weighted by atomic mass is 32.2. The second-order valence-corrected chi connectivity index (χ2v) is 8.25. The Kier molecular flexibility index (Phi) is 5.34. The molecule has 1 saturated heterocycles. The topological polar surface area (TPSA) is 96.7 Å². The smallest absolute Gasteiger partial charge is 0.248 e. The second kappa shape index (κ2) is 7.90. The van der Waals surface area contributed by atoms with Gasteiger partial charge in [-0.25, -0.2) is 4.98 Å². The first-order valence-electron chi connectivity index (χ1n) is 9.57. The Morgan fingerprint density at radius 2 is 1.93 bits per heavy atom. The van der Waals surface area contributed by atoms with Crippen LogP contribution >= 0.6 is 11.8 Å². The molecule has 2 fully saturated rings. The summed E-state index contributed by atoms with van der Waals surface area (Å²) >= 11 is 1.59. The number of aromatic nitrogens is 3. The van der Waals surface area contributed by atoms with Crippen molar-refractivity contribution in [2.45, 2.75) is 38.1 Å². The number of amides is 3. The summed E-state index contributed by atoms with van der Waals surface area (Å²) < 4.78 is 1.52. The van der Waals surface area contributed by atoms with Crippen molar-refractivity contribution in [1.82, 2.24) is 19.5 Å². The maximum atomic E-state index is 13.1. The molecule has 3 atom stereocenters. The van der Waals surface area contributed by atoms with Crippen molar-refractivity contribution in [2.24, 2.45) is 11.8 Å². The van der Waals surface area contributed by atoms with Gasteiger partial charge in [0.15, 0.2) is 5.65 Å². The van der Waals surface area contributed by atoms with Gasteiger partial charge in [-0.05, 0) is 37.3 Å². The van der Waals surface area contributed by atoms with E-state index in [9.17, 15) is 14.4 Å². The van der Waals surface area contributed by atoms with Crippen molar-refractivity contribution in [3.63, 3.8) is 0 Å². The molecule has 3 unspecified atom stereocenters. The van der Waals surface area contributed by atoms with E-state index in [4.69, 9.17) is 0 Å². The number of carbonyl (C=O) groups is 3. The second-order valence-electron chi connectivity index (χ2n) is 7.26. The van der Waals surface area contributed by atoms with Crippen molar-refractivity contribution in [3.05, 3.63) is 24.5 Å². The van der Waals surface area contributed by atoms with Crippen LogP contribution in [0.3, 0.4) is 0 Å². The molecule has 3 amide bonds. The molecular formula is C19H23N5O3S. The fourth-order valence-electron chi connectivity index (χ4n) is 4.24. The molecule has 0 bridgehead atoms. The van der Waals surface area contributed by atoms with E-state index in [0.29, 0.717) is 23.6 Å². The van der Waals surface area contributed by atoms with Gasteiger partial charge in [-0.3, -0.25) is 19.3 Å². The van der Waals surface area contributed by atoms with Crippen molar-refractivity contribution in [3.8, 4) is 0 Å². The summed E-state index contributed by atoms with van der Waals surface area (Å²) in [6.07, 6.45) is 8.96. The molecule has 1 aliphatic carbocycles. The SMILES string of the molecule is CSCCC(C(=O)Nc1ccnc2ccnn12)N1C(=O)C2CCCCC2C1=O. The molecule has 0 aromatic carbocycles. The third-order valence-corrected chi connectivity index (χ3v) is 6.27. The van der Waals surface area contributed by atoms with Gasteiger partial charge in [-0.1, -0.05) is 12.8 Å². The Labute approximate surface area is 167 Å². The third kappa shape index (κ3) is 3.28. The maximum absolute atomic E-state index is 13.1. The van der Waals surface area contributed by atoms with E-state index in [-0.39, 0.29) is 29.6 Å². The molecule has 8 nitrogen and oxygen atoms in total. The van der Waals surface area contributed by atoms with Gasteiger partial charge in [-0.2, -0.15) is 21.4 Å². The molecule has 0 radical (unpaired) electrons. The molecule has 0 spiro atoms. The number of anilines is 1. The predicted octanol–water partition coefficient (Wildman–Crippen LogP) is 1.96. The van der Waals surface area contributed by atoms with Crippen LogP contribution in [0.25, 0.3) is 5.65 Å². The normalized spacial score (nSPS) is 23.1. The summed E-state index contributed by atoms with van der Waals surface area (Å²) in [6, 6.07) is 2.58. The van der Waals surface area contributed by atoms with Crippen LogP contribution in [0.1, 0.15) is 32.1 Å². The number of thioether (sulfide) groups is 1. The van der Waals surface area contributed by atoms with E-state index >= 15 is 0 Å². The largest absolute Gasteiger partial charge is 0.309 e. The van der Waals surface area contributed by atoms with Gasteiger partial charge in [0.25, 0.3) is 0 Å². The van der Waals surface area contributed by atoms with Crippen molar-refractivity contribution >= 4 is 40.9 Å². The Bertz CT molecular complexity index is 890. The Morgan fingerprint density at radius 3 is 2.61 bits per heavy atom. The number of nitrogens with zero attached hydrogens (tertiary/aromatic N) is 4. The first-order chi connectivity index (χ1) is 13.6. The molecule has 1 saturated carbocycles. The van der Waals surface area contributed by atoms with Gasteiger partial charge in [0.05, 0.1) is 18.0 Å². The molecular weight excluding hydrogens is 378 g/mol. The zero-order valence-electron chi connectivity index (χ0n) is 15.7. The minimum atomic E-state index is -0.808. The molecule has 2 aromatic heterocycles. The number of carbonyl (C=O) groups excluding carboxylic acids is 3. The molecule has 1 N–H and O–H groups in total. The van der Waals surface area contributed by atoms with Crippen LogP contribution in [0.15, 0.2) is 24.5 Å². The van der Waals surface area contributed by atoms with Crippen LogP contribution in [-0.2, 0) is 14.4 Å². The quantitative estimate of drug-likeness (QED) is 0.744. The highest BCUT2D eigenvalue weighted by Crippen LogP contribution is 2.39. The zero-order chi connectivity index (χ0) is 19.7. The summed E-state index contributed by atoms with van der Waals surface area (Å²) in [5, 5.41) is 7.01. The number of fused-ring (bicyclic) bond motifs is 2. The number of rotatable bonds is 6. The van der Waals surface area contributed by atoms with E-state index in [1.54, 1.807) is 36.3 Å². The molecule has 9 heteroatoms. The number of hydrogen-bond donors (Lipinski definition) is 1. The minimum Gasteiger partial charge on any atom is -0.309 e. The monoisotopic (exact) mass is 401 g/mol. The van der Waals surface area contributed by atoms with Crippen molar-refractivity contribution < 1.29 is 14.4 Å². The number of imide groups is 1. The fraction of sp³-hybridized carbons (Fsp3) is 0.526. The van der Waals surface area contributed by atoms with Gasteiger partial charge in [-0.15, -0.1) is 0 Å². The van der Waals surface area contributed by atoms with Crippen molar-refractivity contribution in [1.29, 1.82) is 0 Å². The first kappa shape index (κ1) is 18.9. The predicted molar refractivity (Wildman–Crippen MR) is 106 cm³/mol. The van der Waals surface area contributed by atoms with E-state index in [2.05, 4.69) is 15.4 Å². The average Bonchev–Trinajstić information content (AvgIpc) is 3.28. The first-order valence-corrected chi connectivity index (χ1v) is 11.0. The fourth-order valence-corrected chi connectivity index (χ4v) is 4.70. The average molecular weight is 401 g/mol. The van der Waals surface area contributed by atoms with Crippen LogP contribution < -0.4 is 5.32 Å². The van der Waals surface area contributed by atoms with Crippen LogP contribution in [0.2, 0.25) is 0 Å². The van der Waals surface area contributed by atoms with Gasteiger partial charge in [0, 0.05) is 12.3 Å². The lowest BCUT2D eigenvalue weighted by Crippen LogP contribution is -2.48. The van der Waals surface area contributed by atoms with Crippen LogP contribution in [0.4, 0.5) is 5.82 Å². The lowest BCUT2D eigenvalue weighted by atomic mass is 9.81. The summed E-state index contributed by atoms with van der Waals surface area (Å²) in [7, 11) is 0. The summed E-state index contributed by atoms with van der Waals surface area (Å²) in [5.41, 5.74) is 0.609. The third-order valence-electron chi connectivity index (χ3n) is 5.63. The van der Waals surface area contributed by atoms with E-state index in [0.717, 1.165) is 25.7 Å². The lowest BCUT2D eigenvalue weighted by molar-refractivity contribution is -0.146. The molecule has 3 heterocycles. The molecule has 28 heavy (non-hydrogen) atoms. The van der Waals surface area contributed by atoms with Crippen molar-refractivity contribution in [2.75, 3.05) is 17.3 Å². The van der Waals surface area contributed by atoms with E-state index in [1.807, 2.05) is 6.26 Å². The number of likely N-dealkylation sites (tertiary alicyclic amines) is 1. The lowest BCUT2D eigenvalue weighted by Gasteiger charge is -2.25. The Balaban J connectivity index is 1.60. The Hall–Kier alpha value is -2.42. The van der Waals surface area contributed by atoms with Gasteiger partial charge < -0.3 is 5.32 Å². The molecule has 1 aliphatic heterocycles. The maximum Gasteiger partial charge on any atom is 0.248 e. The zero-order valence-corrected chi connectivity index (χ0v) is 16.5. The molecule has 2 aromatic rings. The number of nitrogens with one attached hydrogen (secondary N) is 1. The Morgan fingerprint density at radius 1 is 1.21 bits per heavy atom. The highest BCUT2D eigenvalue weighted by molar-refractivity contribution is 7.98. The minimum absolute atomic E-state index is 0.185. The summed E-state index contributed by atoms with van der Waals surface area (Å²) in [6.45, 7) is 0. The summed E-state index contributed by atoms with van der Waals surface area (Å²) in [4.78, 5) is 44.5. The number of hydrogen-bond acceptors (Lipinski definition) is 6. The van der Waals surface area contributed by atoms with Crippen LogP contribution in [-0.4, -0.2) is 55.3 Å². The van der Waals surface area contributed by atoms with E-state index < -0.39 is 6.04 Å². The molecule has 2 aliphatic rings. The summed E-state index contributed by atoms with van der Waals surface area (Å²) in [5.74, 6) is -0.111. The van der Waals surface area contributed by atoms with E-state index in [1.165, 1.54) is 9.42 Å². The highest BCUT2D eigenvalue weighted by Gasteiger charge is 2.51. The molecule has 4 rings (SSSR count). The van der Waals surface area contributed by atoms with Gasteiger partial charge in [0.2, 0.25) is 17.7 Å².